The van der Waals surface area contributed by atoms with Crippen molar-refractivity contribution in [3.8, 4) is 0 Å². The number of nitrogens with two attached hydrogens (primary N) is 1. The molecule has 0 aromatic heterocycles. The summed E-state index contributed by atoms with van der Waals surface area (Å²) in [4.78, 5) is 11.4. The van der Waals surface area contributed by atoms with Gasteiger partial charge in [-0.2, -0.15) is 0 Å². The van der Waals surface area contributed by atoms with Crippen molar-refractivity contribution in [1.82, 2.24) is 0 Å². The number of amides is 1. The average molecular weight is 283 g/mol. The predicted octanol–water partition coefficient (Wildman–Crippen LogP) is 5.59. The molecule has 0 aliphatic heterocycles. The highest BCUT2D eigenvalue weighted by Gasteiger charge is 2.13. The Bertz CT molecular complexity index is 215. The van der Waals surface area contributed by atoms with Crippen LogP contribution in [-0.4, -0.2) is 5.91 Å². The third-order valence-electron chi connectivity index (χ3n) is 4.21. The van der Waals surface area contributed by atoms with E-state index in [1.54, 1.807) is 0 Å². The summed E-state index contributed by atoms with van der Waals surface area (Å²) in [6.07, 6.45) is 17.5. The number of carbonyl (C=O) groups is 1. The first-order chi connectivity index (χ1) is 9.72. The van der Waals surface area contributed by atoms with Crippen LogP contribution in [0.3, 0.4) is 0 Å². The molecule has 1 amide bonds. The van der Waals surface area contributed by atoms with Crippen LogP contribution in [-0.2, 0) is 4.79 Å². The van der Waals surface area contributed by atoms with Crippen molar-refractivity contribution in [2.24, 2.45) is 11.7 Å². The molecule has 0 aliphatic carbocycles. The molecule has 0 aliphatic rings. The standard InChI is InChI=1S/C18H37NO/c1-3-5-7-9-10-11-12-14-16-17(18(19)20)15-13-8-6-4-2/h17H,3-16H2,1-2H3,(H2,19,20). The largest absolute Gasteiger partial charge is 0.369 e. The van der Waals surface area contributed by atoms with E-state index in [1.165, 1.54) is 77.0 Å². The van der Waals surface area contributed by atoms with Gasteiger partial charge in [0.1, 0.15) is 0 Å². The molecule has 0 saturated carbocycles. The maximum absolute atomic E-state index is 11.4. The molecule has 0 aromatic carbocycles. The molecule has 0 saturated heterocycles. The normalized spacial score (nSPS) is 12.5. The SMILES string of the molecule is CCCCCCCCCCC(CCCCCC)C(N)=O. The van der Waals surface area contributed by atoms with Gasteiger partial charge in [0.15, 0.2) is 0 Å². The molecular formula is C18H37NO. The molecule has 2 N–H and O–H groups in total. The van der Waals surface area contributed by atoms with E-state index in [4.69, 9.17) is 5.73 Å². The van der Waals surface area contributed by atoms with E-state index in [1.807, 2.05) is 0 Å². The van der Waals surface area contributed by atoms with Gasteiger partial charge in [0.05, 0.1) is 0 Å². The van der Waals surface area contributed by atoms with Crippen LogP contribution < -0.4 is 5.73 Å². The van der Waals surface area contributed by atoms with Crippen LogP contribution >= 0.6 is 0 Å². The number of rotatable bonds is 15. The van der Waals surface area contributed by atoms with Gasteiger partial charge >= 0.3 is 0 Å². The van der Waals surface area contributed by atoms with Gasteiger partial charge in [0, 0.05) is 5.92 Å². The lowest BCUT2D eigenvalue weighted by Crippen LogP contribution is -2.23. The Kier molecular flexibility index (Phi) is 14.5. The lowest BCUT2D eigenvalue weighted by atomic mass is 9.94. The van der Waals surface area contributed by atoms with Crippen molar-refractivity contribution in [2.45, 2.75) is 104 Å². The van der Waals surface area contributed by atoms with Gasteiger partial charge in [-0.05, 0) is 12.8 Å². The minimum atomic E-state index is -0.0792. The lowest BCUT2D eigenvalue weighted by molar-refractivity contribution is -0.122. The highest BCUT2D eigenvalue weighted by Crippen LogP contribution is 2.18. The highest BCUT2D eigenvalue weighted by atomic mass is 16.1. The average Bonchev–Trinajstić information content (AvgIpc) is 2.43. The molecule has 20 heavy (non-hydrogen) atoms. The van der Waals surface area contributed by atoms with Crippen LogP contribution in [0.2, 0.25) is 0 Å². The predicted molar refractivity (Wildman–Crippen MR) is 88.7 cm³/mol. The van der Waals surface area contributed by atoms with Crippen LogP contribution in [0.5, 0.6) is 0 Å². The van der Waals surface area contributed by atoms with E-state index < -0.39 is 0 Å². The minimum Gasteiger partial charge on any atom is -0.369 e. The number of carbonyl (C=O) groups excluding carboxylic acids is 1. The zero-order valence-electron chi connectivity index (χ0n) is 14.0. The van der Waals surface area contributed by atoms with Gasteiger partial charge in [-0.15, -0.1) is 0 Å². The summed E-state index contributed by atoms with van der Waals surface area (Å²) in [7, 11) is 0. The maximum Gasteiger partial charge on any atom is 0.220 e. The zero-order valence-corrected chi connectivity index (χ0v) is 14.0. The molecule has 0 radical (unpaired) electrons. The Labute approximate surface area is 126 Å². The fraction of sp³-hybridized carbons (Fsp3) is 0.944. The first-order valence-corrected chi connectivity index (χ1v) is 9.01. The van der Waals surface area contributed by atoms with E-state index in [0.717, 1.165) is 12.8 Å². The molecule has 0 aromatic rings. The number of primary amides is 1. The van der Waals surface area contributed by atoms with E-state index >= 15 is 0 Å². The second-order valence-electron chi connectivity index (χ2n) is 6.21. The monoisotopic (exact) mass is 283 g/mol. The summed E-state index contributed by atoms with van der Waals surface area (Å²) in [6, 6.07) is 0. The molecule has 2 heteroatoms. The summed E-state index contributed by atoms with van der Waals surface area (Å²) in [5.41, 5.74) is 5.51. The number of unbranched alkanes of at least 4 members (excludes halogenated alkanes) is 10. The Morgan fingerprint density at radius 1 is 0.700 bits per heavy atom. The summed E-state index contributed by atoms with van der Waals surface area (Å²) >= 11 is 0. The Morgan fingerprint density at radius 3 is 1.45 bits per heavy atom. The maximum atomic E-state index is 11.4. The Hall–Kier alpha value is -0.530. The van der Waals surface area contributed by atoms with Crippen molar-refractivity contribution in [3.63, 3.8) is 0 Å². The van der Waals surface area contributed by atoms with Gasteiger partial charge in [-0.1, -0.05) is 90.9 Å². The first-order valence-electron chi connectivity index (χ1n) is 9.01. The van der Waals surface area contributed by atoms with E-state index in [2.05, 4.69) is 13.8 Å². The molecule has 0 heterocycles. The van der Waals surface area contributed by atoms with Gasteiger partial charge in [0.2, 0.25) is 5.91 Å². The summed E-state index contributed by atoms with van der Waals surface area (Å²) in [5, 5.41) is 0. The number of hydrogen-bond donors (Lipinski definition) is 1. The van der Waals surface area contributed by atoms with Crippen LogP contribution in [0, 0.1) is 5.92 Å². The molecular weight excluding hydrogens is 246 g/mol. The third-order valence-corrected chi connectivity index (χ3v) is 4.21. The molecule has 2 nitrogen and oxygen atoms in total. The second-order valence-corrected chi connectivity index (χ2v) is 6.21. The summed E-state index contributed by atoms with van der Waals surface area (Å²) < 4.78 is 0. The molecule has 1 atom stereocenters. The Balaban J connectivity index is 3.48. The van der Waals surface area contributed by atoms with Gasteiger partial charge in [-0.3, -0.25) is 4.79 Å². The lowest BCUT2D eigenvalue weighted by Gasteiger charge is -2.13. The quantitative estimate of drug-likeness (QED) is 0.391. The summed E-state index contributed by atoms with van der Waals surface area (Å²) in [5.74, 6) is 0.0522. The van der Waals surface area contributed by atoms with Crippen LogP contribution in [0.4, 0.5) is 0 Å². The fourth-order valence-corrected chi connectivity index (χ4v) is 2.77. The van der Waals surface area contributed by atoms with Crippen molar-refractivity contribution < 1.29 is 4.79 Å². The van der Waals surface area contributed by atoms with Crippen molar-refractivity contribution in [3.05, 3.63) is 0 Å². The van der Waals surface area contributed by atoms with Gasteiger partial charge < -0.3 is 5.73 Å². The van der Waals surface area contributed by atoms with Gasteiger partial charge in [0.25, 0.3) is 0 Å². The Morgan fingerprint density at radius 2 is 1.05 bits per heavy atom. The smallest absolute Gasteiger partial charge is 0.220 e. The third kappa shape index (κ3) is 12.5. The zero-order chi connectivity index (χ0) is 15.1. The summed E-state index contributed by atoms with van der Waals surface area (Å²) in [6.45, 7) is 4.47. The van der Waals surface area contributed by atoms with E-state index in [0.29, 0.717) is 0 Å². The second kappa shape index (κ2) is 14.9. The fourth-order valence-electron chi connectivity index (χ4n) is 2.77. The van der Waals surface area contributed by atoms with Crippen LogP contribution in [0.25, 0.3) is 0 Å². The minimum absolute atomic E-state index is 0.0792. The van der Waals surface area contributed by atoms with Crippen molar-refractivity contribution in [2.75, 3.05) is 0 Å². The van der Waals surface area contributed by atoms with Crippen molar-refractivity contribution in [1.29, 1.82) is 0 Å². The van der Waals surface area contributed by atoms with Crippen molar-refractivity contribution >= 4 is 5.91 Å². The molecule has 0 spiro atoms. The molecule has 1 unspecified atom stereocenters. The molecule has 0 fully saturated rings. The molecule has 0 bridgehead atoms. The molecule has 120 valence electrons. The highest BCUT2D eigenvalue weighted by molar-refractivity contribution is 5.76. The van der Waals surface area contributed by atoms with Crippen LogP contribution in [0.1, 0.15) is 104 Å². The first kappa shape index (κ1) is 19.5. The van der Waals surface area contributed by atoms with Crippen LogP contribution in [0.15, 0.2) is 0 Å². The van der Waals surface area contributed by atoms with E-state index in [9.17, 15) is 4.79 Å². The number of hydrogen-bond acceptors (Lipinski definition) is 1. The molecule has 0 rings (SSSR count). The van der Waals surface area contributed by atoms with Gasteiger partial charge in [-0.25, -0.2) is 0 Å². The van der Waals surface area contributed by atoms with E-state index in [-0.39, 0.29) is 11.8 Å². The topological polar surface area (TPSA) is 43.1 Å².